The molecule has 1 saturated heterocycles. The molecule has 1 aliphatic heterocycles. The molecule has 5 nitrogen and oxygen atoms in total. The second-order valence-electron chi connectivity index (χ2n) is 4.74. The predicted molar refractivity (Wildman–Crippen MR) is 67.3 cm³/mol. The number of nitrogens with two attached hydrogens (primary N) is 1. The third-order valence-corrected chi connectivity index (χ3v) is 4.91. The van der Waals surface area contributed by atoms with Crippen LogP contribution in [-0.4, -0.2) is 49.9 Å². The summed E-state index contributed by atoms with van der Waals surface area (Å²) in [6, 6.07) is -0.00537. The lowest BCUT2D eigenvalue weighted by Gasteiger charge is -2.30. The van der Waals surface area contributed by atoms with Gasteiger partial charge in [-0.1, -0.05) is 12.8 Å². The van der Waals surface area contributed by atoms with Crippen molar-refractivity contribution in [3.63, 3.8) is 0 Å². The molecule has 2 N–H and O–H groups in total. The maximum Gasteiger partial charge on any atom is 0.240 e. The van der Waals surface area contributed by atoms with E-state index in [4.69, 9.17) is 5.73 Å². The van der Waals surface area contributed by atoms with E-state index >= 15 is 0 Å². The Morgan fingerprint density at radius 1 is 1.41 bits per heavy atom. The number of hydrogen-bond acceptors (Lipinski definition) is 4. The highest BCUT2D eigenvalue weighted by atomic mass is 32.2. The Balaban J connectivity index is 2.84. The molecule has 1 heterocycles. The fourth-order valence-corrected chi connectivity index (χ4v) is 2.63. The molecule has 17 heavy (non-hydrogen) atoms. The Morgan fingerprint density at radius 2 is 2.06 bits per heavy atom. The molecule has 0 aliphatic carbocycles. The van der Waals surface area contributed by atoms with E-state index in [1.165, 1.54) is 6.92 Å². The van der Waals surface area contributed by atoms with Crippen molar-refractivity contribution in [1.82, 2.24) is 4.90 Å². The van der Waals surface area contributed by atoms with Crippen molar-refractivity contribution in [1.29, 1.82) is 0 Å². The molecule has 1 aliphatic rings. The van der Waals surface area contributed by atoms with Crippen molar-refractivity contribution in [2.24, 2.45) is 5.73 Å². The van der Waals surface area contributed by atoms with Gasteiger partial charge in [0.15, 0.2) is 9.84 Å². The van der Waals surface area contributed by atoms with Crippen molar-refractivity contribution >= 4 is 15.7 Å². The summed E-state index contributed by atoms with van der Waals surface area (Å²) in [5, 5.41) is -0.963. The van der Waals surface area contributed by atoms with Gasteiger partial charge >= 0.3 is 0 Å². The fraction of sp³-hybridized carbons (Fsp3) is 0.909. The van der Waals surface area contributed by atoms with E-state index in [0.717, 1.165) is 31.9 Å². The van der Waals surface area contributed by atoms with Crippen LogP contribution in [-0.2, 0) is 14.6 Å². The Kier molecular flexibility index (Phi) is 4.94. The average molecular weight is 262 g/mol. The second kappa shape index (κ2) is 5.82. The van der Waals surface area contributed by atoms with E-state index in [1.807, 2.05) is 0 Å². The Bertz CT molecular complexity index is 367. The van der Waals surface area contributed by atoms with E-state index in [9.17, 15) is 13.2 Å². The number of carbonyl (C=O) groups is 1. The van der Waals surface area contributed by atoms with Gasteiger partial charge in [0.2, 0.25) is 5.91 Å². The van der Waals surface area contributed by atoms with Crippen LogP contribution in [0.5, 0.6) is 0 Å². The number of amides is 1. The largest absolute Gasteiger partial charge is 0.337 e. The summed E-state index contributed by atoms with van der Waals surface area (Å²) in [6.45, 7) is 2.49. The van der Waals surface area contributed by atoms with Gasteiger partial charge in [-0.05, 0) is 19.8 Å². The zero-order valence-electron chi connectivity index (χ0n) is 10.6. The Morgan fingerprint density at radius 3 is 2.59 bits per heavy atom. The molecule has 0 spiro atoms. The minimum absolute atomic E-state index is 0.00537. The summed E-state index contributed by atoms with van der Waals surface area (Å²) in [5.41, 5.74) is 5.67. The van der Waals surface area contributed by atoms with E-state index in [2.05, 4.69) is 0 Å². The molecule has 1 rings (SSSR count). The van der Waals surface area contributed by atoms with Crippen molar-refractivity contribution in [2.75, 3.05) is 19.3 Å². The minimum atomic E-state index is -3.33. The molecule has 2 atom stereocenters. The van der Waals surface area contributed by atoms with Crippen molar-refractivity contribution in [2.45, 2.75) is 43.9 Å². The molecule has 0 bridgehead atoms. The summed E-state index contributed by atoms with van der Waals surface area (Å²) >= 11 is 0. The van der Waals surface area contributed by atoms with E-state index in [-0.39, 0.29) is 11.9 Å². The smallest absolute Gasteiger partial charge is 0.240 e. The number of hydrogen-bond donors (Lipinski definition) is 1. The van der Waals surface area contributed by atoms with Gasteiger partial charge in [-0.15, -0.1) is 0 Å². The number of rotatable bonds is 3. The quantitative estimate of drug-likeness (QED) is 0.785. The highest BCUT2D eigenvalue weighted by molar-refractivity contribution is 7.92. The number of nitrogens with zero attached hydrogens (tertiary/aromatic N) is 1. The molecule has 6 heteroatoms. The third-order valence-electron chi connectivity index (χ3n) is 3.42. The van der Waals surface area contributed by atoms with Crippen LogP contribution in [0.1, 0.15) is 32.6 Å². The zero-order valence-corrected chi connectivity index (χ0v) is 11.4. The van der Waals surface area contributed by atoms with Crippen molar-refractivity contribution in [3.05, 3.63) is 0 Å². The first kappa shape index (κ1) is 14.4. The van der Waals surface area contributed by atoms with E-state index in [0.29, 0.717) is 13.1 Å². The molecule has 0 aromatic heterocycles. The predicted octanol–water partition coefficient (Wildman–Crippen LogP) is 0.149. The molecule has 2 unspecified atom stereocenters. The summed E-state index contributed by atoms with van der Waals surface area (Å²) < 4.78 is 22.8. The van der Waals surface area contributed by atoms with Crippen LogP contribution in [0, 0.1) is 0 Å². The first-order valence-electron chi connectivity index (χ1n) is 6.07. The maximum absolute atomic E-state index is 12.2. The highest BCUT2D eigenvalue weighted by Gasteiger charge is 2.32. The normalized spacial score (nSPS) is 24.2. The van der Waals surface area contributed by atoms with Crippen LogP contribution < -0.4 is 5.73 Å². The summed E-state index contributed by atoms with van der Waals surface area (Å²) in [5.74, 6) is -0.301. The summed E-state index contributed by atoms with van der Waals surface area (Å²) in [4.78, 5) is 13.8. The van der Waals surface area contributed by atoms with Gasteiger partial charge < -0.3 is 10.6 Å². The zero-order chi connectivity index (χ0) is 13.1. The van der Waals surface area contributed by atoms with E-state index in [1.54, 1.807) is 4.90 Å². The first-order chi connectivity index (χ1) is 7.88. The van der Waals surface area contributed by atoms with Gasteiger partial charge in [-0.2, -0.15) is 0 Å². The Hall–Kier alpha value is -0.620. The minimum Gasteiger partial charge on any atom is -0.337 e. The molecular weight excluding hydrogens is 240 g/mol. The SMILES string of the molecule is CC(C(=O)N1CCCCCC1CN)S(C)(=O)=O. The molecular formula is C11H22N2O3S. The van der Waals surface area contributed by atoms with Gasteiger partial charge in [-0.3, -0.25) is 4.79 Å². The third kappa shape index (κ3) is 3.67. The highest BCUT2D eigenvalue weighted by Crippen LogP contribution is 2.18. The molecule has 0 aromatic carbocycles. The van der Waals surface area contributed by atoms with Crippen LogP contribution in [0.3, 0.4) is 0 Å². The standard InChI is InChI=1S/C11H22N2O3S/c1-9(17(2,15)16)11(14)13-7-5-3-4-6-10(13)8-12/h9-10H,3-8,12H2,1-2H3. The van der Waals surface area contributed by atoms with Crippen LogP contribution in [0.4, 0.5) is 0 Å². The van der Waals surface area contributed by atoms with Gasteiger partial charge in [-0.25, -0.2) is 8.42 Å². The summed E-state index contributed by atoms with van der Waals surface area (Å²) in [6.07, 6.45) is 5.04. The van der Waals surface area contributed by atoms with Crippen LogP contribution in [0.25, 0.3) is 0 Å². The van der Waals surface area contributed by atoms with Gasteiger partial charge in [0, 0.05) is 25.4 Å². The van der Waals surface area contributed by atoms with Gasteiger partial charge in [0.05, 0.1) is 0 Å². The fourth-order valence-electron chi connectivity index (χ4n) is 2.13. The number of sulfone groups is 1. The molecule has 0 radical (unpaired) electrons. The van der Waals surface area contributed by atoms with Crippen molar-refractivity contribution in [3.8, 4) is 0 Å². The first-order valence-corrected chi connectivity index (χ1v) is 8.02. The maximum atomic E-state index is 12.2. The van der Waals surface area contributed by atoms with Gasteiger partial charge in [0.25, 0.3) is 0 Å². The van der Waals surface area contributed by atoms with E-state index < -0.39 is 15.1 Å². The lowest BCUT2D eigenvalue weighted by atomic mass is 10.1. The lowest BCUT2D eigenvalue weighted by molar-refractivity contribution is -0.132. The topological polar surface area (TPSA) is 80.5 Å². The van der Waals surface area contributed by atoms with Crippen LogP contribution >= 0.6 is 0 Å². The van der Waals surface area contributed by atoms with Crippen LogP contribution in [0.2, 0.25) is 0 Å². The molecule has 1 fully saturated rings. The molecule has 100 valence electrons. The van der Waals surface area contributed by atoms with Crippen LogP contribution in [0.15, 0.2) is 0 Å². The number of carbonyl (C=O) groups excluding carboxylic acids is 1. The monoisotopic (exact) mass is 262 g/mol. The second-order valence-corrected chi connectivity index (χ2v) is 7.11. The summed E-state index contributed by atoms with van der Waals surface area (Å²) in [7, 11) is -3.33. The number of likely N-dealkylation sites (tertiary alicyclic amines) is 1. The molecule has 0 saturated carbocycles. The lowest BCUT2D eigenvalue weighted by Crippen LogP contribution is -2.49. The Labute approximate surface area is 103 Å². The van der Waals surface area contributed by atoms with Gasteiger partial charge in [0.1, 0.15) is 5.25 Å². The average Bonchev–Trinajstić information content (AvgIpc) is 2.50. The van der Waals surface area contributed by atoms with Crippen molar-refractivity contribution < 1.29 is 13.2 Å². The molecule has 0 aromatic rings. The molecule has 1 amide bonds.